The molecule has 160 valence electrons. The van der Waals surface area contributed by atoms with E-state index in [2.05, 4.69) is 10.2 Å². The number of anilines is 1. The van der Waals surface area contributed by atoms with Crippen molar-refractivity contribution in [1.82, 2.24) is 10.3 Å². The number of carbonyl (C=O) groups excluding carboxylic acids is 2. The molecule has 2 amide bonds. The Morgan fingerprint density at radius 1 is 1.16 bits per heavy atom. The van der Waals surface area contributed by atoms with E-state index in [1.54, 1.807) is 0 Å². The number of primary amides is 1. The predicted molar refractivity (Wildman–Crippen MR) is 122 cm³/mol. The minimum atomic E-state index is -0.499. The van der Waals surface area contributed by atoms with Crippen LogP contribution in [0.3, 0.4) is 0 Å². The summed E-state index contributed by atoms with van der Waals surface area (Å²) in [7, 11) is 0. The van der Waals surface area contributed by atoms with Crippen molar-refractivity contribution in [2.24, 2.45) is 5.73 Å². The van der Waals surface area contributed by atoms with Crippen LogP contribution in [0.4, 0.5) is 5.13 Å². The SMILES string of the molecule is CC(=O)NC[C@@H]1CCCN1c1nc(-c2ccc(Oc3ccccc3)cc2)c(C(N)=O)s1. The van der Waals surface area contributed by atoms with Crippen molar-refractivity contribution in [3.8, 4) is 22.8 Å². The monoisotopic (exact) mass is 436 g/mol. The van der Waals surface area contributed by atoms with Gasteiger partial charge < -0.3 is 20.7 Å². The van der Waals surface area contributed by atoms with Crippen LogP contribution in [0, 0.1) is 0 Å². The van der Waals surface area contributed by atoms with E-state index in [0.29, 0.717) is 22.9 Å². The number of hydrogen-bond donors (Lipinski definition) is 2. The zero-order chi connectivity index (χ0) is 21.8. The molecule has 2 heterocycles. The number of ether oxygens (including phenoxy) is 1. The number of nitrogens with two attached hydrogens (primary N) is 1. The van der Waals surface area contributed by atoms with Gasteiger partial charge in [0, 0.05) is 31.6 Å². The number of benzene rings is 2. The highest BCUT2D eigenvalue weighted by atomic mass is 32.1. The number of nitrogens with zero attached hydrogens (tertiary/aromatic N) is 2. The molecule has 0 saturated carbocycles. The Hall–Kier alpha value is -3.39. The van der Waals surface area contributed by atoms with Crippen molar-refractivity contribution < 1.29 is 14.3 Å². The normalized spacial score (nSPS) is 15.6. The summed E-state index contributed by atoms with van der Waals surface area (Å²) in [5, 5.41) is 3.63. The second kappa shape index (κ2) is 9.18. The third kappa shape index (κ3) is 4.86. The van der Waals surface area contributed by atoms with Crippen LogP contribution in [0.2, 0.25) is 0 Å². The van der Waals surface area contributed by atoms with Crippen molar-refractivity contribution in [2.75, 3.05) is 18.0 Å². The Morgan fingerprint density at radius 2 is 1.87 bits per heavy atom. The molecule has 1 saturated heterocycles. The maximum absolute atomic E-state index is 12.1. The first-order valence-corrected chi connectivity index (χ1v) is 11.0. The van der Waals surface area contributed by atoms with Gasteiger partial charge in [-0.3, -0.25) is 9.59 Å². The summed E-state index contributed by atoms with van der Waals surface area (Å²) in [6, 6.07) is 17.1. The number of rotatable bonds is 7. The second-order valence-electron chi connectivity index (χ2n) is 7.40. The van der Waals surface area contributed by atoms with Crippen molar-refractivity contribution in [2.45, 2.75) is 25.8 Å². The van der Waals surface area contributed by atoms with Crippen LogP contribution in [-0.4, -0.2) is 35.9 Å². The van der Waals surface area contributed by atoms with Crippen molar-refractivity contribution in [3.63, 3.8) is 0 Å². The summed E-state index contributed by atoms with van der Waals surface area (Å²) in [6.45, 7) is 2.90. The van der Waals surface area contributed by atoms with E-state index in [1.807, 2.05) is 54.6 Å². The van der Waals surface area contributed by atoms with Gasteiger partial charge in [0.15, 0.2) is 5.13 Å². The van der Waals surface area contributed by atoms with Crippen LogP contribution in [-0.2, 0) is 4.79 Å². The van der Waals surface area contributed by atoms with Crippen molar-refractivity contribution in [3.05, 3.63) is 59.5 Å². The molecule has 1 aliphatic heterocycles. The van der Waals surface area contributed by atoms with E-state index in [1.165, 1.54) is 18.3 Å². The molecule has 4 rings (SSSR count). The Morgan fingerprint density at radius 3 is 2.55 bits per heavy atom. The number of nitrogens with one attached hydrogen (secondary N) is 1. The van der Waals surface area contributed by atoms with Gasteiger partial charge in [-0.1, -0.05) is 29.5 Å². The number of para-hydroxylation sites is 1. The highest BCUT2D eigenvalue weighted by Crippen LogP contribution is 2.36. The first kappa shape index (κ1) is 20.9. The third-order valence-electron chi connectivity index (χ3n) is 5.16. The lowest BCUT2D eigenvalue weighted by Gasteiger charge is -2.24. The van der Waals surface area contributed by atoms with Gasteiger partial charge in [0.1, 0.15) is 16.4 Å². The third-order valence-corrected chi connectivity index (χ3v) is 6.26. The topological polar surface area (TPSA) is 97.6 Å². The predicted octanol–water partition coefficient (Wildman–Crippen LogP) is 3.81. The smallest absolute Gasteiger partial charge is 0.261 e. The molecule has 0 spiro atoms. The van der Waals surface area contributed by atoms with Gasteiger partial charge in [-0.2, -0.15) is 0 Å². The highest BCUT2D eigenvalue weighted by molar-refractivity contribution is 7.18. The summed E-state index contributed by atoms with van der Waals surface area (Å²) in [4.78, 5) is 30.8. The fourth-order valence-electron chi connectivity index (χ4n) is 3.66. The lowest BCUT2D eigenvalue weighted by atomic mass is 10.1. The fourth-order valence-corrected chi connectivity index (χ4v) is 4.70. The van der Waals surface area contributed by atoms with Gasteiger partial charge in [-0.05, 0) is 49.2 Å². The number of aromatic nitrogens is 1. The molecule has 1 atom stereocenters. The number of thiazole rings is 1. The fraction of sp³-hybridized carbons (Fsp3) is 0.261. The van der Waals surface area contributed by atoms with Gasteiger partial charge in [0.25, 0.3) is 5.91 Å². The number of carbonyl (C=O) groups is 2. The summed E-state index contributed by atoms with van der Waals surface area (Å²) in [6.07, 6.45) is 1.98. The van der Waals surface area contributed by atoms with Crippen molar-refractivity contribution >= 4 is 28.3 Å². The lowest BCUT2D eigenvalue weighted by Crippen LogP contribution is -2.39. The van der Waals surface area contributed by atoms with Gasteiger partial charge in [0.05, 0.1) is 5.69 Å². The molecular formula is C23H24N4O3S. The van der Waals surface area contributed by atoms with Crippen LogP contribution in [0.1, 0.15) is 29.4 Å². The zero-order valence-corrected chi connectivity index (χ0v) is 18.0. The number of amides is 2. The lowest BCUT2D eigenvalue weighted by molar-refractivity contribution is -0.119. The first-order valence-electron chi connectivity index (χ1n) is 10.2. The molecule has 31 heavy (non-hydrogen) atoms. The largest absolute Gasteiger partial charge is 0.457 e. The van der Waals surface area contributed by atoms with Gasteiger partial charge in [-0.25, -0.2) is 4.98 Å². The molecule has 0 unspecified atom stereocenters. The van der Waals surface area contributed by atoms with Gasteiger partial charge >= 0.3 is 0 Å². The highest BCUT2D eigenvalue weighted by Gasteiger charge is 2.29. The summed E-state index contributed by atoms with van der Waals surface area (Å²) < 4.78 is 5.84. The van der Waals surface area contributed by atoms with Crippen LogP contribution in [0.25, 0.3) is 11.3 Å². The molecule has 2 aromatic carbocycles. The molecule has 8 heteroatoms. The molecule has 0 aliphatic carbocycles. The molecule has 7 nitrogen and oxygen atoms in total. The summed E-state index contributed by atoms with van der Waals surface area (Å²) in [5.41, 5.74) is 7.03. The average Bonchev–Trinajstić information content (AvgIpc) is 3.40. The van der Waals surface area contributed by atoms with Gasteiger partial charge in [-0.15, -0.1) is 0 Å². The number of hydrogen-bond acceptors (Lipinski definition) is 6. The Bertz CT molecular complexity index is 1070. The molecule has 0 bridgehead atoms. The summed E-state index contributed by atoms with van der Waals surface area (Å²) in [5.74, 6) is 0.896. The molecule has 3 N–H and O–H groups in total. The van der Waals surface area contributed by atoms with Crippen LogP contribution in [0.5, 0.6) is 11.5 Å². The molecule has 1 aromatic heterocycles. The summed E-state index contributed by atoms with van der Waals surface area (Å²) >= 11 is 1.30. The van der Waals surface area contributed by atoms with Crippen LogP contribution in [0.15, 0.2) is 54.6 Å². The maximum Gasteiger partial charge on any atom is 0.261 e. The Labute approximate surface area is 184 Å². The van der Waals surface area contributed by atoms with E-state index in [-0.39, 0.29) is 11.9 Å². The first-order chi connectivity index (χ1) is 15.0. The molecule has 1 fully saturated rings. The van der Waals surface area contributed by atoms with E-state index >= 15 is 0 Å². The zero-order valence-electron chi connectivity index (χ0n) is 17.2. The Kier molecular flexibility index (Phi) is 6.18. The van der Waals surface area contributed by atoms with Crippen LogP contribution < -0.4 is 20.7 Å². The second-order valence-corrected chi connectivity index (χ2v) is 8.38. The minimum Gasteiger partial charge on any atom is -0.457 e. The minimum absolute atomic E-state index is 0.0534. The molecule has 0 radical (unpaired) electrons. The molecule has 3 aromatic rings. The maximum atomic E-state index is 12.1. The van der Waals surface area contributed by atoms with E-state index in [9.17, 15) is 9.59 Å². The molecular weight excluding hydrogens is 412 g/mol. The quantitative estimate of drug-likeness (QED) is 0.587. The van der Waals surface area contributed by atoms with Crippen molar-refractivity contribution in [1.29, 1.82) is 0 Å². The van der Waals surface area contributed by atoms with E-state index in [0.717, 1.165) is 35.8 Å². The van der Waals surface area contributed by atoms with E-state index < -0.39 is 5.91 Å². The van der Waals surface area contributed by atoms with Crippen LogP contribution >= 0.6 is 11.3 Å². The average molecular weight is 437 g/mol. The standard InChI is InChI=1S/C23H24N4O3S/c1-15(28)25-14-17-6-5-13-27(17)23-26-20(21(31-23)22(24)29)16-9-11-19(12-10-16)30-18-7-3-2-4-8-18/h2-4,7-12,17H,5-6,13-14H2,1H3,(H2,24,29)(H,25,28)/t17-/m0/s1. The van der Waals surface area contributed by atoms with Gasteiger partial charge in [0.2, 0.25) is 5.91 Å². The Balaban J connectivity index is 1.57. The van der Waals surface area contributed by atoms with E-state index in [4.69, 9.17) is 15.5 Å². The molecule has 1 aliphatic rings.